The zero-order valence-electron chi connectivity index (χ0n) is 18.3. The van der Waals surface area contributed by atoms with Crippen molar-refractivity contribution in [1.29, 1.82) is 0 Å². The zero-order valence-corrected chi connectivity index (χ0v) is 18.3. The molecule has 1 aromatic heterocycles. The Kier molecular flexibility index (Phi) is 6.44. The van der Waals surface area contributed by atoms with Gasteiger partial charge in [0.1, 0.15) is 35.0 Å². The molecule has 1 unspecified atom stereocenters. The van der Waals surface area contributed by atoms with Crippen molar-refractivity contribution < 1.29 is 31.9 Å². The highest BCUT2D eigenvalue weighted by Crippen LogP contribution is 2.35. The number of anilines is 1. The molecule has 0 bridgehead atoms. The number of nitrogens with zero attached hydrogens (tertiary/aromatic N) is 2. The molecule has 178 valence electrons. The summed E-state index contributed by atoms with van der Waals surface area (Å²) in [6.45, 7) is 1.56. The normalized spacial score (nSPS) is 17.7. The summed E-state index contributed by atoms with van der Waals surface area (Å²) in [7, 11) is 1.28. The molecule has 3 amide bonds. The summed E-state index contributed by atoms with van der Waals surface area (Å²) < 4.78 is 53.2. The number of aryl methyl sites for hydroxylation is 1. The number of benzene rings is 2. The van der Waals surface area contributed by atoms with Gasteiger partial charge in [-0.25, -0.2) is 22.9 Å². The average molecular weight is 474 g/mol. The van der Waals surface area contributed by atoms with Gasteiger partial charge in [0.15, 0.2) is 0 Å². The fourth-order valence-corrected chi connectivity index (χ4v) is 3.88. The lowest BCUT2D eigenvalue weighted by Crippen LogP contribution is -2.45. The molecule has 8 nitrogen and oxygen atoms in total. The maximum atomic E-state index is 14.9. The fourth-order valence-electron chi connectivity index (χ4n) is 3.88. The molecule has 0 spiro atoms. The van der Waals surface area contributed by atoms with E-state index >= 15 is 0 Å². The van der Waals surface area contributed by atoms with Gasteiger partial charge < -0.3 is 24.7 Å². The minimum Gasteiger partial charge on any atom is -0.497 e. The van der Waals surface area contributed by atoms with Crippen molar-refractivity contribution in [2.75, 3.05) is 19.0 Å². The summed E-state index contributed by atoms with van der Waals surface area (Å²) in [6.07, 6.45) is 1.49. The van der Waals surface area contributed by atoms with Crippen LogP contribution in [0.25, 0.3) is 0 Å². The van der Waals surface area contributed by atoms with Crippen LogP contribution in [-0.2, 0) is 11.3 Å². The molecule has 0 radical (unpaired) electrons. The quantitative estimate of drug-likeness (QED) is 0.568. The van der Waals surface area contributed by atoms with E-state index < -0.39 is 41.3 Å². The summed E-state index contributed by atoms with van der Waals surface area (Å²) in [4.78, 5) is 31.1. The van der Waals surface area contributed by atoms with Gasteiger partial charge in [-0.1, -0.05) is 0 Å². The molecule has 11 heteroatoms. The monoisotopic (exact) mass is 474 g/mol. The van der Waals surface area contributed by atoms with Gasteiger partial charge in [-0.05, 0) is 31.2 Å². The van der Waals surface area contributed by atoms with Crippen molar-refractivity contribution in [3.63, 3.8) is 0 Å². The number of methoxy groups -OCH3 is 1. The van der Waals surface area contributed by atoms with Crippen LogP contribution in [-0.4, -0.2) is 41.5 Å². The Morgan fingerprint density at radius 2 is 1.88 bits per heavy atom. The lowest BCUT2D eigenvalue weighted by Gasteiger charge is -2.20. The number of oxazole rings is 1. The van der Waals surface area contributed by atoms with Crippen LogP contribution in [0.15, 0.2) is 47.0 Å². The number of amides is 3. The molecule has 1 aliphatic rings. The van der Waals surface area contributed by atoms with E-state index in [1.54, 1.807) is 6.92 Å². The third-order valence-corrected chi connectivity index (χ3v) is 5.44. The first-order valence-electron chi connectivity index (χ1n) is 10.3. The molecule has 0 aliphatic carbocycles. The molecule has 4 rings (SSSR count). The fraction of sp³-hybridized carbons (Fsp3) is 0.261. The molecule has 2 N–H and O–H groups in total. The van der Waals surface area contributed by atoms with Crippen molar-refractivity contribution in [3.05, 3.63) is 77.3 Å². The Morgan fingerprint density at radius 3 is 2.47 bits per heavy atom. The number of nitrogens with one attached hydrogen (secondary N) is 2. The molecular weight excluding hydrogens is 453 g/mol. The molecule has 3 aromatic rings. The number of ether oxygens (including phenoxy) is 1. The smallest absolute Gasteiger partial charge is 0.319 e. The highest BCUT2D eigenvalue weighted by atomic mass is 19.1. The highest BCUT2D eigenvalue weighted by molar-refractivity contribution is 5.95. The first-order valence-corrected chi connectivity index (χ1v) is 10.3. The first kappa shape index (κ1) is 23.1. The van der Waals surface area contributed by atoms with E-state index in [1.807, 2.05) is 0 Å². The lowest BCUT2D eigenvalue weighted by molar-refractivity contribution is -0.130. The third-order valence-electron chi connectivity index (χ3n) is 5.44. The maximum Gasteiger partial charge on any atom is 0.319 e. The Labute approximate surface area is 192 Å². The predicted octanol–water partition coefficient (Wildman–Crippen LogP) is 3.73. The number of likely N-dealkylation sites (tertiary alicyclic amines) is 1. The van der Waals surface area contributed by atoms with E-state index in [4.69, 9.17) is 9.15 Å². The van der Waals surface area contributed by atoms with Gasteiger partial charge in [0, 0.05) is 35.8 Å². The van der Waals surface area contributed by atoms with Gasteiger partial charge in [-0.3, -0.25) is 4.79 Å². The topological polar surface area (TPSA) is 96.7 Å². The average Bonchev–Trinajstić information content (AvgIpc) is 3.33. The van der Waals surface area contributed by atoms with Gasteiger partial charge in [0.2, 0.25) is 11.8 Å². The van der Waals surface area contributed by atoms with E-state index in [-0.39, 0.29) is 36.0 Å². The maximum absolute atomic E-state index is 14.9. The standard InChI is InChI=1S/C23H21F3N4O4/c1-12-9-27-19(34-12)11-30-10-16(20-17(25)7-15(33-2)8-18(20)26)21(22(30)31)29-23(32)28-14-5-3-13(24)4-6-14/h3-9,16,21H,10-11H2,1-2H3,(H2,28,29,32)/t16-,21?/m0/s1. The van der Waals surface area contributed by atoms with E-state index in [1.165, 1.54) is 30.3 Å². The predicted molar refractivity (Wildman–Crippen MR) is 115 cm³/mol. The number of hydrogen-bond donors (Lipinski definition) is 2. The van der Waals surface area contributed by atoms with Crippen LogP contribution < -0.4 is 15.4 Å². The van der Waals surface area contributed by atoms with Crippen LogP contribution in [0.3, 0.4) is 0 Å². The Morgan fingerprint density at radius 1 is 1.21 bits per heavy atom. The Balaban J connectivity index is 1.61. The van der Waals surface area contributed by atoms with Crippen LogP contribution in [0.2, 0.25) is 0 Å². The number of carbonyl (C=O) groups excluding carboxylic acids is 2. The number of rotatable bonds is 6. The van der Waals surface area contributed by atoms with Crippen molar-refractivity contribution in [1.82, 2.24) is 15.2 Å². The molecule has 1 fully saturated rings. The highest BCUT2D eigenvalue weighted by Gasteiger charge is 2.45. The number of carbonyl (C=O) groups is 2. The number of aromatic nitrogens is 1. The molecule has 0 saturated carbocycles. The molecule has 1 aliphatic heterocycles. The first-order chi connectivity index (χ1) is 16.2. The van der Waals surface area contributed by atoms with E-state index in [2.05, 4.69) is 15.6 Å². The van der Waals surface area contributed by atoms with Gasteiger partial charge in [0.05, 0.1) is 19.9 Å². The molecule has 2 aromatic carbocycles. The second-order valence-electron chi connectivity index (χ2n) is 7.78. The third kappa shape index (κ3) is 4.82. The van der Waals surface area contributed by atoms with Gasteiger partial charge in [-0.15, -0.1) is 0 Å². The van der Waals surface area contributed by atoms with Crippen LogP contribution in [0, 0.1) is 24.4 Å². The van der Waals surface area contributed by atoms with E-state index in [0.717, 1.165) is 24.3 Å². The summed E-state index contributed by atoms with van der Waals surface area (Å²) >= 11 is 0. The molecule has 1 saturated heterocycles. The minimum absolute atomic E-state index is 0.0197. The van der Waals surface area contributed by atoms with Gasteiger partial charge in [0.25, 0.3) is 0 Å². The summed E-state index contributed by atoms with van der Waals surface area (Å²) in [5.41, 5.74) is -0.0814. The zero-order chi connectivity index (χ0) is 24.4. The Bertz CT molecular complexity index is 1190. The van der Waals surface area contributed by atoms with Crippen LogP contribution >= 0.6 is 0 Å². The summed E-state index contributed by atoms with van der Waals surface area (Å²) in [5.74, 6) is -3.15. The van der Waals surface area contributed by atoms with E-state index in [0.29, 0.717) is 5.76 Å². The number of hydrogen-bond acceptors (Lipinski definition) is 5. The molecular formula is C23H21F3N4O4. The second kappa shape index (κ2) is 9.46. The van der Waals surface area contributed by atoms with Crippen molar-refractivity contribution in [2.45, 2.75) is 25.4 Å². The molecule has 2 atom stereocenters. The lowest BCUT2D eigenvalue weighted by atomic mass is 9.93. The SMILES string of the molecule is COc1cc(F)c([C@@H]2CN(Cc3ncc(C)o3)C(=O)C2NC(=O)Nc2ccc(F)cc2)c(F)c1. The van der Waals surface area contributed by atoms with Crippen molar-refractivity contribution in [2.24, 2.45) is 0 Å². The van der Waals surface area contributed by atoms with E-state index in [9.17, 15) is 22.8 Å². The van der Waals surface area contributed by atoms with Crippen molar-refractivity contribution >= 4 is 17.6 Å². The van der Waals surface area contributed by atoms with Crippen molar-refractivity contribution in [3.8, 4) is 5.75 Å². The second-order valence-corrected chi connectivity index (χ2v) is 7.78. The number of urea groups is 1. The summed E-state index contributed by atoms with van der Waals surface area (Å²) in [5, 5.41) is 4.97. The van der Waals surface area contributed by atoms with Crippen LogP contribution in [0.4, 0.5) is 23.7 Å². The van der Waals surface area contributed by atoms with Crippen LogP contribution in [0.1, 0.15) is 23.1 Å². The largest absolute Gasteiger partial charge is 0.497 e. The molecule has 34 heavy (non-hydrogen) atoms. The summed E-state index contributed by atoms with van der Waals surface area (Å²) in [6, 6.07) is 4.93. The Hall–Kier alpha value is -4.02. The van der Waals surface area contributed by atoms with Gasteiger partial charge >= 0.3 is 6.03 Å². The van der Waals surface area contributed by atoms with Crippen LogP contribution in [0.5, 0.6) is 5.75 Å². The minimum atomic E-state index is -1.28. The van der Waals surface area contributed by atoms with Gasteiger partial charge in [-0.2, -0.15) is 0 Å². The number of halogens is 3. The molecule has 2 heterocycles.